The molecule has 0 fully saturated rings. The number of allylic oxidation sites excluding steroid dienone is 1. The molecule has 0 heterocycles. The molecule has 6 nitrogen and oxygen atoms in total. The van der Waals surface area contributed by atoms with Crippen LogP contribution in [0.4, 0.5) is 26.3 Å². The summed E-state index contributed by atoms with van der Waals surface area (Å²) in [5.74, 6) is 2.71. The van der Waals surface area contributed by atoms with Gasteiger partial charge in [0.2, 0.25) is 0 Å². The zero-order valence-electron chi connectivity index (χ0n) is 19.9. The molecule has 13 heteroatoms. The molecule has 1 N–H and O–H groups in total. The van der Waals surface area contributed by atoms with Gasteiger partial charge in [0.05, 0.1) is 3.57 Å². The van der Waals surface area contributed by atoms with E-state index in [2.05, 4.69) is 21.3 Å². The molecule has 1 atom stereocenters. The average molecular weight is 658 g/mol. The molecule has 0 radical (unpaired) electrons. The fourth-order valence-corrected chi connectivity index (χ4v) is 3.66. The molecule has 38 heavy (non-hydrogen) atoms. The van der Waals surface area contributed by atoms with E-state index < -0.39 is 36.3 Å². The van der Waals surface area contributed by atoms with E-state index in [0.717, 1.165) is 21.3 Å². The Kier molecular flexibility index (Phi) is 11.1. The van der Waals surface area contributed by atoms with Gasteiger partial charge < -0.3 is 24.1 Å². The Bertz CT molecular complexity index is 1180. The number of carbonyl (C=O) groups is 1. The minimum Gasteiger partial charge on any atom is -0.488 e. The molecule has 0 amide bonds. The van der Waals surface area contributed by atoms with Gasteiger partial charge in [-0.1, -0.05) is 17.9 Å². The van der Waals surface area contributed by atoms with E-state index in [4.69, 9.17) is 9.47 Å². The first-order chi connectivity index (χ1) is 17.6. The summed E-state index contributed by atoms with van der Waals surface area (Å²) in [7, 11) is 0. The molecular weight excluding hydrogens is 637 g/mol. The lowest BCUT2D eigenvalue weighted by atomic mass is 10.1. The summed E-state index contributed by atoms with van der Waals surface area (Å²) in [5, 5.41) is 9.22. The first kappa shape index (κ1) is 31.1. The van der Waals surface area contributed by atoms with Crippen molar-refractivity contribution >= 4 is 28.6 Å². The van der Waals surface area contributed by atoms with E-state index >= 15 is 0 Å². The molecule has 0 spiro atoms. The molecular formula is C25H21F6IO6. The normalized spacial score (nSPS) is 12.8. The summed E-state index contributed by atoms with van der Waals surface area (Å²) in [5.41, 5.74) is 0.973. The van der Waals surface area contributed by atoms with Gasteiger partial charge in [-0.05, 0) is 77.9 Å². The predicted molar refractivity (Wildman–Crippen MR) is 132 cm³/mol. The Morgan fingerprint density at radius 3 is 2.16 bits per heavy atom. The van der Waals surface area contributed by atoms with Crippen LogP contribution < -0.4 is 14.2 Å². The Balaban J connectivity index is 2.10. The quantitative estimate of drug-likeness (QED) is 0.179. The molecule has 2 aromatic rings. The number of ether oxygens (including phenoxy) is 4. The minimum atomic E-state index is -5.12. The molecule has 0 aromatic heterocycles. The summed E-state index contributed by atoms with van der Waals surface area (Å²) >= 11 is 2.03. The smallest absolute Gasteiger partial charge is 0.488 e. The third-order valence-corrected chi connectivity index (χ3v) is 5.28. The lowest BCUT2D eigenvalue weighted by molar-refractivity contribution is -0.276. The van der Waals surface area contributed by atoms with Gasteiger partial charge in [0.25, 0.3) is 0 Å². The van der Waals surface area contributed by atoms with Gasteiger partial charge in [-0.15, -0.1) is 26.3 Å². The number of halogens is 7. The number of rotatable bonds is 10. The molecule has 0 unspecified atom stereocenters. The SMILES string of the molecule is CCO[C@@H](Cc1ccc(OC/C=C(/C)C#Cc2cc(OC(F)(F)F)cc(OC(F)(F)F)c2)c(I)c1)C(=O)O. The molecule has 0 aliphatic carbocycles. The monoisotopic (exact) mass is 658 g/mol. The van der Waals surface area contributed by atoms with E-state index in [0.29, 0.717) is 17.4 Å². The molecule has 0 saturated heterocycles. The van der Waals surface area contributed by atoms with Crippen LogP contribution in [0.5, 0.6) is 17.2 Å². The molecule has 0 aliphatic heterocycles. The van der Waals surface area contributed by atoms with Gasteiger partial charge in [0.1, 0.15) is 23.9 Å². The molecule has 0 saturated carbocycles. The molecule has 2 rings (SSSR count). The van der Waals surface area contributed by atoms with Crippen LogP contribution in [-0.4, -0.2) is 43.1 Å². The molecule has 0 bridgehead atoms. The number of aliphatic carboxylic acids is 1. The van der Waals surface area contributed by atoms with E-state index in [9.17, 15) is 36.2 Å². The third-order valence-electron chi connectivity index (χ3n) is 4.44. The zero-order valence-corrected chi connectivity index (χ0v) is 22.0. The van der Waals surface area contributed by atoms with Crippen molar-refractivity contribution in [2.24, 2.45) is 0 Å². The van der Waals surface area contributed by atoms with Gasteiger partial charge >= 0.3 is 18.7 Å². The van der Waals surface area contributed by atoms with Crippen LogP contribution in [0, 0.1) is 15.4 Å². The fourth-order valence-electron chi connectivity index (χ4n) is 2.93. The van der Waals surface area contributed by atoms with E-state index in [1.165, 1.54) is 0 Å². The number of hydrogen-bond donors (Lipinski definition) is 1. The maximum Gasteiger partial charge on any atom is 0.573 e. The van der Waals surface area contributed by atoms with Crippen LogP contribution in [0.15, 0.2) is 48.0 Å². The Morgan fingerprint density at radius 2 is 1.66 bits per heavy atom. The van der Waals surface area contributed by atoms with Crippen molar-refractivity contribution in [2.45, 2.75) is 39.1 Å². The minimum absolute atomic E-state index is 0.0617. The lowest BCUT2D eigenvalue weighted by Gasteiger charge is -2.13. The highest BCUT2D eigenvalue weighted by Gasteiger charge is 2.33. The van der Waals surface area contributed by atoms with Gasteiger partial charge in [0, 0.05) is 24.7 Å². The third kappa shape index (κ3) is 11.5. The standard InChI is InChI=1S/C25H21F6IO6/c1-3-35-22(23(33)34)13-17-6-7-21(20(32)12-17)36-9-8-15(2)4-5-16-10-18(37-24(26,27)28)14-19(11-16)38-25(29,30)31/h6-8,10-12,14,22H,3,9,13H2,1-2H3,(H,33,34)/b15-8-/t22-/m0/s1. The Labute approximate surface area is 227 Å². The summed E-state index contributed by atoms with van der Waals surface area (Å²) < 4.78 is 94.2. The van der Waals surface area contributed by atoms with Crippen LogP contribution >= 0.6 is 22.6 Å². The number of benzene rings is 2. The van der Waals surface area contributed by atoms with Crippen molar-refractivity contribution in [3.63, 3.8) is 0 Å². The summed E-state index contributed by atoms with van der Waals surface area (Å²) in [6.07, 6.45) is -9.46. The molecule has 2 aromatic carbocycles. The Morgan fingerprint density at radius 1 is 1.05 bits per heavy atom. The number of carboxylic acid groups (broad SMARTS) is 1. The largest absolute Gasteiger partial charge is 0.573 e. The van der Waals surface area contributed by atoms with Gasteiger partial charge in [-0.2, -0.15) is 0 Å². The average Bonchev–Trinajstić information content (AvgIpc) is 2.76. The van der Waals surface area contributed by atoms with Crippen molar-refractivity contribution in [3.05, 3.63) is 62.7 Å². The second-order valence-electron chi connectivity index (χ2n) is 7.49. The van der Waals surface area contributed by atoms with Crippen LogP contribution in [0.25, 0.3) is 0 Å². The van der Waals surface area contributed by atoms with E-state index in [-0.39, 0.29) is 25.2 Å². The molecule has 0 aliphatic rings. The van der Waals surface area contributed by atoms with E-state index in [1.807, 2.05) is 22.6 Å². The van der Waals surface area contributed by atoms with Crippen molar-refractivity contribution in [1.82, 2.24) is 0 Å². The van der Waals surface area contributed by atoms with Crippen LogP contribution in [0.1, 0.15) is 25.0 Å². The van der Waals surface area contributed by atoms with Crippen molar-refractivity contribution < 1.29 is 55.2 Å². The first-order valence-corrected chi connectivity index (χ1v) is 11.8. The first-order valence-electron chi connectivity index (χ1n) is 10.8. The molecule has 206 valence electrons. The highest BCUT2D eigenvalue weighted by Crippen LogP contribution is 2.31. The number of carboxylic acids is 1. The summed E-state index contributed by atoms with van der Waals surface area (Å²) in [4.78, 5) is 11.3. The van der Waals surface area contributed by atoms with Crippen molar-refractivity contribution in [1.29, 1.82) is 0 Å². The van der Waals surface area contributed by atoms with Gasteiger partial charge in [-0.25, -0.2) is 4.79 Å². The van der Waals surface area contributed by atoms with Crippen molar-refractivity contribution in [2.75, 3.05) is 13.2 Å². The highest BCUT2D eigenvalue weighted by atomic mass is 127. The van der Waals surface area contributed by atoms with Crippen LogP contribution in [-0.2, 0) is 16.0 Å². The maximum absolute atomic E-state index is 12.5. The lowest BCUT2D eigenvalue weighted by Crippen LogP contribution is -2.26. The number of alkyl halides is 6. The second kappa shape index (κ2) is 13.6. The topological polar surface area (TPSA) is 74.2 Å². The highest BCUT2D eigenvalue weighted by molar-refractivity contribution is 14.1. The van der Waals surface area contributed by atoms with Crippen molar-refractivity contribution in [3.8, 4) is 29.1 Å². The summed E-state index contributed by atoms with van der Waals surface area (Å²) in [6, 6.07) is 7.26. The van der Waals surface area contributed by atoms with Gasteiger partial charge in [0.15, 0.2) is 6.10 Å². The van der Waals surface area contributed by atoms with Crippen LogP contribution in [0.3, 0.4) is 0 Å². The second-order valence-corrected chi connectivity index (χ2v) is 8.65. The van der Waals surface area contributed by atoms with Crippen LogP contribution in [0.2, 0.25) is 0 Å². The number of hydrogen-bond acceptors (Lipinski definition) is 5. The predicted octanol–water partition coefficient (Wildman–Crippen LogP) is 6.50. The summed E-state index contributed by atoms with van der Waals surface area (Å²) in [6.45, 7) is 3.61. The van der Waals surface area contributed by atoms with Gasteiger partial charge in [-0.3, -0.25) is 0 Å². The fraction of sp³-hybridized carbons (Fsp3) is 0.320. The maximum atomic E-state index is 12.5. The zero-order chi connectivity index (χ0) is 28.5. The van der Waals surface area contributed by atoms with E-state index in [1.54, 1.807) is 38.1 Å². The Hall–Kier alpha value is -3.12.